The largest absolute Gasteiger partial charge is 0.493 e. The van der Waals surface area contributed by atoms with E-state index >= 15 is 0 Å². The Balaban J connectivity index is 1.95. The molecule has 1 atom stereocenters. The lowest BCUT2D eigenvalue weighted by Gasteiger charge is -2.38. The predicted octanol–water partition coefficient (Wildman–Crippen LogP) is 4.48. The number of thioether (sulfide) groups is 1. The van der Waals surface area contributed by atoms with Gasteiger partial charge >= 0.3 is 5.97 Å². The Bertz CT molecular complexity index is 896. The number of methoxy groups -OCH3 is 2. The number of hydrogen-bond acceptors (Lipinski definition) is 7. The van der Waals surface area contributed by atoms with Gasteiger partial charge in [0.05, 0.1) is 38.1 Å². The topological polar surface area (TPSA) is 77.4 Å². The molecule has 8 heteroatoms. The molecule has 0 N–H and O–H groups in total. The van der Waals surface area contributed by atoms with E-state index in [9.17, 15) is 9.59 Å². The molecule has 2 heterocycles. The average Bonchev–Trinajstić information content (AvgIpc) is 2.77. The molecule has 0 saturated carbocycles. The third kappa shape index (κ3) is 5.06. The molecule has 1 amide bonds. The number of nitrogens with zero attached hydrogens (tertiary/aromatic N) is 2. The summed E-state index contributed by atoms with van der Waals surface area (Å²) in [5.74, 6) is 1.33. The number of carbonyl (C=O) groups excluding carboxylic acids is 2. The molecule has 0 bridgehead atoms. The maximum atomic E-state index is 12.8. The Morgan fingerprint density at radius 2 is 2.03 bits per heavy atom. The number of amidine groups is 1. The first-order chi connectivity index (χ1) is 15.0. The molecule has 7 nitrogen and oxygen atoms in total. The Hall–Kier alpha value is -2.48. The molecule has 168 valence electrons. The molecule has 31 heavy (non-hydrogen) atoms. The summed E-state index contributed by atoms with van der Waals surface area (Å²) in [7, 11) is 2.92. The number of amides is 1. The van der Waals surface area contributed by atoms with Crippen LogP contribution in [-0.2, 0) is 14.3 Å². The molecule has 0 spiro atoms. The Kier molecular flexibility index (Phi) is 8.01. The molecule has 1 aromatic rings. The van der Waals surface area contributed by atoms with Gasteiger partial charge in [-0.2, -0.15) is 0 Å². The summed E-state index contributed by atoms with van der Waals surface area (Å²) in [5, 5.41) is 0.613. The smallest absolute Gasteiger partial charge is 0.338 e. The molecule has 0 radical (unpaired) electrons. The molecule has 1 aromatic carbocycles. The predicted molar refractivity (Wildman–Crippen MR) is 121 cm³/mol. The number of carbonyl (C=O) groups is 2. The van der Waals surface area contributed by atoms with Crippen LogP contribution < -0.4 is 9.47 Å². The minimum Gasteiger partial charge on any atom is -0.493 e. The average molecular weight is 447 g/mol. The quantitative estimate of drug-likeness (QED) is 0.411. The zero-order valence-electron chi connectivity index (χ0n) is 18.6. The van der Waals surface area contributed by atoms with Crippen LogP contribution in [-0.4, -0.2) is 48.5 Å². The number of ether oxygens (including phenoxy) is 3. The highest BCUT2D eigenvalue weighted by molar-refractivity contribution is 8.14. The maximum Gasteiger partial charge on any atom is 0.338 e. The highest BCUT2D eigenvalue weighted by Gasteiger charge is 2.41. The van der Waals surface area contributed by atoms with Gasteiger partial charge in [0, 0.05) is 12.2 Å². The van der Waals surface area contributed by atoms with Crippen LogP contribution in [0.2, 0.25) is 0 Å². The van der Waals surface area contributed by atoms with Crippen molar-refractivity contribution in [1.29, 1.82) is 0 Å². The van der Waals surface area contributed by atoms with Crippen LogP contribution in [0, 0.1) is 0 Å². The minimum atomic E-state index is -0.618. The Morgan fingerprint density at radius 3 is 2.74 bits per heavy atom. The molecule has 0 aliphatic carbocycles. The first-order valence-corrected chi connectivity index (χ1v) is 11.6. The van der Waals surface area contributed by atoms with Gasteiger partial charge in [0.25, 0.3) is 0 Å². The van der Waals surface area contributed by atoms with Gasteiger partial charge in [-0.05, 0) is 31.0 Å². The zero-order chi connectivity index (χ0) is 22.4. The number of rotatable bonds is 9. The number of benzene rings is 1. The number of allylic oxidation sites excluding steroid dienone is 1. The molecule has 1 saturated heterocycles. The van der Waals surface area contributed by atoms with Crippen molar-refractivity contribution >= 4 is 28.8 Å². The van der Waals surface area contributed by atoms with Gasteiger partial charge in [-0.1, -0.05) is 44.0 Å². The van der Waals surface area contributed by atoms with Gasteiger partial charge in [0.2, 0.25) is 5.91 Å². The van der Waals surface area contributed by atoms with Crippen molar-refractivity contribution in [2.24, 2.45) is 4.99 Å². The highest BCUT2D eigenvalue weighted by atomic mass is 32.2. The summed E-state index contributed by atoms with van der Waals surface area (Å²) in [5.41, 5.74) is 1.66. The number of unbranched alkanes of at least 4 members (excludes halogenated alkanes) is 3. The summed E-state index contributed by atoms with van der Waals surface area (Å²) in [6.45, 7) is 4.56. The lowest BCUT2D eigenvalue weighted by atomic mass is 9.94. The highest BCUT2D eigenvalue weighted by Crippen LogP contribution is 2.42. The third-order valence-corrected chi connectivity index (χ3v) is 6.33. The van der Waals surface area contributed by atoms with E-state index < -0.39 is 12.0 Å². The fourth-order valence-electron chi connectivity index (χ4n) is 3.77. The van der Waals surface area contributed by atoms with Crippen molar-refractivity contribution in [3.63, 3.8) is 0 Å². The van der Waals surface area contributed by atoms with E-state index in [0.717, 1.165) is 18.4 Å². The SMILES string of the molecule is CCCCCCOc1ccc([C@H]2C(C(=O)OC)=C(C)N=C3SCCC(=O)N32)cc1OC. The van der Waals surface area contributed by atoms with E-state index in [4.69, 9.17) is 14.2 Å². The summed E-state index contributed by atoms with van der Waals surface area (Å²) >= 11 is 1.52. The van der Waals surface area contributed by atoms with Crippen LogP contribution in [0.1, 0.15) is 57.6 Å². The van der Waals surface area contributed by atoms with E-state index in [1.165, 1.54) is 31.7 Å². The molecular formula is C23H30N2O5S. The van der Waals surface area contributed by atoms with E-state index in [2.05, 4.69) is 11.9 Å². The van der Waals surface area contributed by atoms with E-state index in [-0.39, 0.29) is 5.91 Å². The molecule has 0 aromatic heterocycles. The van der Waals surface area contributed by atoms with Crippen LogP contribution in [0.15, 0.2) is 34.5 Å². The first kappa shape index (κ1) is 23.2. The maximum absolute atomic E-state index is 12.8. The van der Waals surface area contributed by atoms with Crippen LogP contribution in [0.5, 0.6) is 11.5 Å². The summed E-state index contributed by atoms with van der Waals surface area (Å²) in [4.78, 5) is 31.6. The van der Waals surface area contributed by atoms with E-state index in [1.807, 2.05) is 18.2 Å². The normalized spacial score (nSPS) is 18.5. The zero-order valence-corrected chi connectivity index (χ0v) is 19.4. The molecule has 3 rings (SSSR count). The fraction of sp³-hybridized carbons (Fsp3) is 0.522. The Morgan fingerprint density at radius 1 is 1.23 bits per heavy atom. The second-order valence-corrected chi connectivity index (χ2v) is 8.53. The Labute approximate surface area is 187 Å². The van der Waals surface area contributed by atoms with Crippen molar-refractivity contribution in [3.8, 4) is 11.5 Å². The molecule has 1 fully saturated rings. The van der Waals surface area contributed by atoms with Crippen molar-refractivity contribution in [2.75, 3.05) is 26.6 Å². The van der Waals surface area contributed by atoms with Crippen LogP contribution in [0.25, 0.3) is 0 Å². The summed E-state index contributed by atoms with van der Waals surface area (Å²) in [6, 6.07) is 4.93. The van der Waals surface area contributed by atoms with Gasteiger partial charge in [0.1, 0.15) is 0 Å². The van der Waals surface area contributed by atoms with Gasteiger partial charge in [-0.15, -0.1) is 0 Å². The van der Waals surface area contributed by atoms with Gasteiger partial charge in [0.15, 0.2) is 16.7 Å². The van der Waals surface area contributed by atoms with Crippen molar-refractivity contribution in [3.05, 3.63) is 35.0 Å². The molecule has 2 aliphatic rings. The molecular weight excluding hydrogens is 416 g/mol. The van der Waals surface area contributed by atoms with Gasteiger partial charge < -0.3 is 14.2 Å². The molecule has 0 unspecified atom stereocenters. The van der Waals surface area contributed by atoms with Crippen LogP contribution in [0.4, 0.5) is 0 Å². The second-order valence-electron chi connectivity index (χ2n) is 7.47. The van der Waals surface area contributed by atoms with Crippen molar-refractivity contribution < 1.29 is 23.8 Å². The lowest BCUT2D eigenvalue weighted by molar-refractivity contribution is -0.137. The standard InChI is InChI=1S/C23H30N2O5S/c1-5-6-7-8-12-30-17-10-9-16(14-18(17)28-3)21-20(22(27)29-4)15(2)24-23-25(21)19(26)11-13-31-23/h9-10,14,21H,5-8,11-13H2,1-4H3/t21-/m0/s1. The number of aliphatic imine (C=N–C) groups is 1. The lowest BCUT2D eigenvalue weighted by Crippen LogP contribution is -2.45. The number of fused-ring (bicyclic) bond motifs is 1. The summed E-state index contributed by atoms with van der Waals surface area (Å²) < 4.78 is 16.5. The molecule has 2 aliphatic heterocycles. The third-order valence-electron chi connectivity index (χ3n) is 5.37. The number of hydrogen-bond donors (Lipinski definition) is 0. The second kappa shape index (κ2) is 10.7. The monoisotopic (exact) mass is 446 g/mol. The van der Waals surface area contributed by atoms with E-state index in [0.29, 0.717) is 46.7 Å². The van der Waals surface area contributed by atoms with Crippen LogP contribution >= 0.6 is 11.8 Å². The van der Waals surface area contributed by atoms with Crippen molar-refractivity contribution in [1.82, 2.24) is 4.90 Å². The van der Waals surface area contributed by atoms with Gasteiger partial charge in [-0.3, -0.25) is 9.69 Å². The van der Waals surface area contributed by atoms with E-state index in [1.54, 1.807) is 18.9 Å². The van der Waals surface area contributed by atoms with Crippen molar-refractivity contribution in [2.45, 2.75) is 52.0 Å². The fourth-order valence-corrected chi connectivity index (χ4v) is 4.77. The minimum absolute atomic E-state index is 0.0633. The summed E-state index contributed by atoms with van der Waals surface area (Å²) in [6.07, 6.45) is 4.86. The van der Waals surface area contributed by atoms with Gasteiger partial charge in [-0.25, -0.2) is 9.79 Å². The number of esters is 1. The van der Waals surface area contributed by atoms with Crippen LogP contribution in [0.3, 0.4) is 0 Å². The first-order valence-electron chi connectivity index (χ1n) is 10.6.